The number of amides is 1. The number of ether oxygens (including phenoxy) is 1. The number of nitrogens with one attached hydrogen (secondary N) is 1. The minimum Gasteiger partial charge on any atom is -0.444 e. The molecule has 1 amide bonds. The van der Waals surface area contributed by atoms with Gasteiger partial charge in [-0.3, -0.25) is 4.98 Å². The molecule has 0 bridgehead atoms. The molecule has 1 aliphatic rings. The van der Waals surface area contributed by atoms with E-state index in [4.69, 9.17) is 32.4 Å². The first kappa shape index (κ1) is 39.2. The zero-order valence-electron chi connectivity index (χ0n) is 30.8. The highest BCUT2D eigenvalue weighted by molar-refractivity contribution is 6.74. The Labute approximate surface area is 315 Å². The lowest BCUT2D eigenvalue weighted by atomic mass is 9.94. The van der Waals surface area contributed by atoms with Gasteiger partial charge in [0.25, 0.3) is 0 Å². The number of benzene rings is 2. The molecule has 0 unspecified atom stereocenters. The zero-order chi connectivity index (χ0) is 38.2. The van der Waals surface area contributed by atoms with Crippen molar-refractivity contribution >= 4 is 71.2 Å². The van der Waals surface area contributed by atoms with Gasteiger partial charge in [0.05, 0.1) is 45.4 Å². The van der Waals surface area contributed by atoms with E-state index in [1.807, 2.05) is 26.8 Å². The summed E-state index contributed by atoms with van der Waals surface area (Å²) in [4.78, 5) is 24.0. The van der Waals surface area contributed by atoms with Crippen molar-refractivity contribution < 1.29 is 23.6 Å². The third-order valence-electron chi connectivity index (χ3n) is 9.91. The second kappa shape index (κ2) is 15.1. The van der Waals surface area contributed by atoms with Crippen molar-refractivity contribution in [1.82, 2.24) is 14.9 Å². The molecular weight excluding hydrogens is 722 g/mol. The molecule has 10 nitrogen and oxygen atoms in total. The van der Waals surface area contributed by atoms with Gasteiger partial charge in [-0.25, -0.2) is 14.2 Å². The molecule has 0 saturated carbocycles. The minimum atomic E-state index is -2.05. The SMILES string of the molecule is CC(C)(C)OC(=O)N1CC[C@H](Nc2c(/C=N/O)c(Cl)nc3c(F)c(-c4nccc5cccc(C#N)c45)c(Cl)cc23)C[C@H]1CCO[Si](C)(C)C(C)(C)C. The van der Waals surface area contributed by atoms with Gasteiger partial charge in [-0.1, -0.05) is 61.3 Å². The van der Waals surface area contributed by atoms with Crippen LogP contribution in [-0.4, -0.2) is 71.5 Å². The largest absolute Gasteiger partial charge is 0.444 e. The van der Waals surface area contributed by atoms with Crippen molar-refractivity contribution in [2.45, 2.75) is 96.6 Å². The van der Waals surface area contributed by atoms with E-state index in [-0.39, 0.29) is 49.6 Å². The first-order chi connectivity index (χ1) is 24.4. The molecule has 0 spiro atoms. The monoisotopic (exact) mass is 766 g/mol. The lowest BCUT2D eigenvalue weighted by molar-refractivity contribution is 0.00624. The predicted molar refractivity (Wildman–Crippen MR) is 208 cm³/mol. The van der Waals surface area contributed by atoms with Crippen molar-refractivity contribution in [1.29, 1.82) is 5.26 Å². The quantitative estimate of drug-likeness (QED) is 0.0595. The van der Waals surface area contributed by atoms with Gasteiger partial charge >= 0.3 is 6.09 Å². The van der Waals surface area contributed by atoms with Gasteiger partial charge < -0.3 is 24.6 Å². The van der Waals surface area contributed by atoms with Gasteiger partial charge in [-0.2, -0.15) is 5.26 Å². The number of hydrogen-bond donors (Lipinski definition) is 2. The number of carbonyl (C=O) groups is 1. The van der Waals surface area contributed by atoms with E-state index in [0.29, 0.717) is 59.8 Å². The number of rotatable bonds is 8. The summed E-state index contributed by atoms with van der Waals surface area (Å²) in [7, 11) is -2.05. The normalized spacial score (nSPS) is 17.2. The van der Waals surface area contributed by atoms with E-state index in [2.05, 4.69) is 60.4 Å². The van der Waals surface area contributed by atoms with E-state index in [9.17, 15) is 15.3 Å². The molecule has 3 heterocycles. The maximum atomic E-state index is 16.8. The standard InChI is InChI=1S/C38H45Cl2FN6O4Si/c1-37(2,3)51-36(48)47-16-13-24(18-25(47)14-17-50-52(7,8)38(4,5)6)45-32-26-19-28(39)30(31(41)33(26)46-35(40)27(32)21-44-49)34-29-22(12-15-43-34)10-9-11-23(29)20-42/h9-12,15,19,21,24-25,49H,13-14,16-18H2,1-8H3,(H,45,46)/b44-21+/t24-,25+/m0/s1. The molecular formula is C38H45Cl2FN6O4Si. The van der Waals surface area contributed by atoms with Crippen LogP contribution in [-0.2, 0) is 9.16 Å². The third-order valence-corrected chi connectivity index (χ3v) is 15.0. The zero-order valence-corrected chi connectivity index (χ0v) is 33.3. The van der Waals surface area contributed by atoms with Crippen molar-refractivity contribution in [2.24, 2.45) is 5.16 Å². The molecule has 2 N–H and O–H groups in total. The Morgan fingerprint density at radius 1 is 1.23 bits per heavy atom. The Morgan fingerprint density at radius 3 is 2.62 bits per heavy atom. The number of pyridine rings is 2. The predicted octanol–water partition coefficient (Wildman–Crippen LogP) is 10.2. The van der Waals surface area contributed by atoms with Gasteiger partial charge in [0.1, 0.15) is 16.3 Å². The van der Waals surface area contributed by atoms with E-state index in [1.165, 1.54) is 6.20 Å². The summed E-state index contributed by atoms with van der Waals surface area (Å²) in [6, 6.07) is 10.2. The molecule has 2 atom stereocenters. The average Bonchev–Trinajstić information content (AvgIpc) is 3.05. The molecule has 0 radical (unpaired) electrons. The van der Waals surface area contributed by atoms with E-state index in [1.54, 1.807) is 29.2 Å². The molecule has 276 valence electrons. The van der Waals surface area contributed by atoms with E-state index < -0.39 is 25.8 Å². The smallest absolute Gasteiger partial charge is 0.410 e. The van der Waals surface area contributed by atoms with Crippen LogP contribution in [0.1, 0.15) is 71.9 Å². The topological polar surface area (TPSA) is 133 Å². The molecule has 1 saturated heterocycles. The summed E-state index contributed by atoms with van der Waals surface area (Å²) >= 11 is 13.5. The first-order valence-electron chi connectivity index (χ1n) is 17.2. The highest BCUT2D eigenvalue weighted by Gasteiger charge is 2.39. The van der Waals surface area contributed by atoms with Gasteiger partial charge in [0.15, 0.2) is 14.1 Å². The Hall–Kier alpha value is -4.02. The molecule has 1 aliphatic heterocycles. The average molecular weight is 768 g/mol. The third kappa shape index (κ3) is 8.13. The van der Waals surface area contributed by atoms with Crippen LogP contribution in [0.3, 0.4) is 0 Å². The molecule has 14 heteroatoms. The van der Waals surface area contributed by atoms with Crippen molar-refractivity contribution in [3.63, 3.8) is 0 Å². The Balaban J connectivity index is 1.55. The summed E-state index contributed by atoms with van der Waals surface area (Å²) < 4.78 is 29.1. The maximum Gasteiger partial charge on any atom is 0.410 e. The van der Waals surface area contributed by atoms with Crippen molar-refractivity contribution in [3.05, 3.63) is 63.6 Å². The Kier molecular flexibility index (Phi) is 11.4. The first-order valence-corrected chi connectivity index (χ1v) is 20.9. The van der Waals surface area contributed by atoms with Gasteiger partial charge in [0, 0.05) is 42.2 Å². The highest BCUT2D eigenvalue weighted by Crippen LogP contribution is 2.43. The second-order valence-corrected chi connectivity index (χ2v) is 21.2. The van der Waals surface area contributed by atoms with Crippen LogP contribution in [0, 0.1) is 17.1 Å². The summed E-state index contributed by atoms with van der Waals surface area (Å²) in [6.07, 6.45) is 3.91. The summed E-state index contributed by atoms with van der Waals surface area (Å²) in [6.45, 7) is 17.3. The van der Waals surface area contributed by atoms with Crippen LogP contribution in [0.4, 0.5) is 14.9 Å². The number of carbonyl (C=O) groups excluding carboxylic acids is 1. The Morgan fingerprint density at radius 2 is 1.96 bits per heavy atom. The molecule has 1 fully saturated rings. The number of anilines is 1. The van der Waals surface area contributed by atoms with Crippen LogP contribution < -0.4 is 5.32 Å². The number of oxime groups is 1. The number of likely N-dealkylation sites (tertiary alicyclic amines) is 1. The minimum absolute atomic E-state index is 0.0203. The number of fused-ring (bicyclic) bond motifs is 2. The molecule has 2 aromatic carbocycles. The number of halogens is 3. The van der Waals surface area contributed by atoms with Crippen LogP contribution >= 0.6 is 23.2 Å². The van der Waals surface area contributed by atoms with Crippen LogP contribution in [0.25, 0.3) is 32.9 Å². The number of aromatic nitrogens is 2. The van der Waals surface area contributed by atoms with Gasteiger partial charge in [0.2, 0.25) is 0 Å². The Bertz CT molecular complexity index is 2070. The fourth-order valence-electron chi connectivity index (χ4n) is 6.26. The van der Waals surface area contributed by atoms with Crippen LogP contribution in [0.5, 0.6) is 0 Å². The van der Waals surface area contributed by atoms with E-state index in [0.717, 1.165) is 6.21 Å². The summed E-state index contributed by atoms with van der Waals surface area (Å²) in [5.41, 5.74) is 0.358. The van der Waals surface area contributed by atoms with Crippen LogP contribution in [0.15, 0.2) is 41.7 Å². The summed E-state index contributed by atoms with van der Waals surface area (Å²) in [5, 5.41) is 27.6. The van der Waals surface area contributed by atoms with Gasteiger partial charge in [-0.05, 0) is 81.8 Å². The molecule has 0 aliphatic carbocycles. The fourth-order valence-corrected chi connectivity index (χ4v) is 7.83. The molecule has 4 aromatic rings. The highest BCUT2D eigenvalue weighted by atomic mass is 35.5. The van der Waals surface area contributed by atoms with Crippen molar-refractivity contribution in [2.75, 3.05) is 18.5 Å². The van der Waals surface area contributed by atoms with Gasteiger partial charge in [-0.15, -0.1) is 0 Å². The van der Waals surface area contributed by atoms with E-state index >= 15 is 4.39 Å². The summed E-state index contributed by atoms with van der Waals surface area (Å²) in [5.74, 6) is -0.770. The van der Waals surface area contributed by atoms with Crippen molar-refractivity contribution in [3.8, 4) is 17.3 Å². The number of nitrogens with zero attached hydrogens (tertiary/aromatic N) is 5. The second-order valence-electron chi connectivity index (χ2n) is 15.6. The molecule has 52 heavy (non-hydrogen) atoms. The lowest BCUT2D eigenvalue weighted by Crippen LogP contribution is -2.51. The maximum absolute atomic E-state index is 16.8. The number of nitriles is 1. The number of hydrogen-bond acceptors (Lipinski definition) is 9. The fraction of sp³-hybridized carbons (Fsp3) is 0.447. The van der Waals surface area contributed by atoms with Crippen LogP contribution in [0.2, 0.25) is 28.3 Å². The number of piperidine rings is 1. The lowest BCUT2D eigenvalue weighted by Gasteiger charge is -2.42. The molecule has 2 aromatic heterocycles. The molecule has 5 rings (SSSR count).